The lowest BCUT2D eigenvalue weighted by Gasteiger charge is -2.33. The maximum atomic E-state index is 14.4. The number of rotatable bonds is 14. The molecule has 11 heteroatoms. The number of hydrogen-bond acceptors (Lipinski definition) is 6. The third-order valence-corrected chi connectivity index (χ3v) is 9.89. The molecule has 0 saturated heterocycles. The molecule has 0 aliphatic carbocycles. The molecule has 4 aromatic carbocycles. The molecule has 1 unspecified atom stereocenters. The number of thioether (sulfide) groups is 1. The van der Waals surface area contributed by atoms with E-state index in [1.807, 2.05) is 49.6 Å². The molecule has 0 aliphatic rings. The molecule has 236 valence electrons. The van der Waals surface area contributed by atoms with Gasteiger partial charge in [-0.25, -0.2) is 8.42 Å². The van der Waals surface area contributed by atoms with Gasteiger partial charge in [0, 0.05) is 29.9 Å². The highest BCUT2D eigenvalue weighted by atomic mass is 35.5. The SMILES string of the molecule is CCOc1ccc(N(CC(=O)N(Cc2cccc(Cl)c2)C(Cc2ccccc2)C(=O)NC)S(=O)(=O)c2ccc(SC)cc2)cc1. The molecule has 8 nitrogen and oxygen atoms in total. The number of halogens is 1. The fourth-order valence-electron chi connectivity index (χ4n) is 4.83. The Morgan fingerprint density at radius 3 is 2.18 bits per heavy atom. The zero-order valence-corrected chi connectivity index (χ0v) is 27.7. The van der Waals surface area contributed by atoms with Crippen molar-refractivity contribution >= 4 is 50.9 Å². The molecule has 0 spiro atoms. The summed E-state index contributed by atoms with van der Waals surface area (Å²) in [5, 5.41) is 3.16. The van der Waals surface area contributed by atoms with Gasteiger partial charge >= 0.3 is 0 Å². The summed E-state index contributed by atoms with van der Waals surface area (Å²) in [5.74, 6) is -0.366. The van der Waals surface area contributed by atoms with Crippen LogP contribution in [-0.4, -0.2) is 57.6 Å². The summed E-state index contributed by atoms with van der Waals surface area (Å²) in [6.45, 7) is 1.78. The zero-order valence-electron chi connectivity index (χ0n) is 25.4. The van der Waals surface area contributed by atoms with Crippen molar-refractivity contribution in [1.29, 1.82) is 0 Å². The van der Waals surface area contributed by atoms with Crippen molar-refractivity contribution in [2.45, 2.75) is 35.7 Å². The first kappa shape index (κ1) is 33.9. The Kier molecular flexibility index (Phi) is 11.9. The molecule has 0 radical (unpaired) electrons. The van der Waals surface area contributed by atoms with E-state index in [4.69, 9.17) is 16.3 Å². The summed E-state index contributed by atoms with van der Waals surface area (Å²) in [5.41, 5.74) is 1.82. The first-order valence-electron chi connectivity index (χ1n) is 14.3. The van der Waals surface area contributed by atoms with Crippen LogP contribution in [0.1, 0.15) is 18.1 Å². The van der Waals surface area contributed by atoms with E-state index in [-0.39, 0.29) is 29.5 Å². The maximum Gasteiger partial charge on any atom is 0.264 e. The molecule has 0 fully saturated rings. The van der Waals surface area contributed by atoms with Crippen LogP contribution in [0.4, 0.5) is 5.69 Å². The average molecular weight is 666 g/mol. The third kappa shape index (κ3) is 8.81. The number of amides is 2. The lowest BCUT2D eigenvalue weighted by Crippen LogP contribution is -2.53. The minimum atomic E-state index is -4.21. The molecule has 4 aromatic rings. The minimum Gasteiger partial charge on any atom is -0.494 e. The number of benzene rings is 4. The lowest BCUT2D eigenvalue weighted by atomic mass is 10.0. The van der Waals surface area contributed by atoms with E-state index in [1.165, 1.54) is 35.8 Å². The maximum absolute atomic E-state index is 14.4. The van der Waals surface area contributed by atoms with Crippen molar-refractivity contribution < 1.29 is 22.7 Å². The fraction of sp³-hybridized carbons (Fsp3) is 0.235. The number of anilines is 1. The van der Waals surface area contributed by atoms with Crippen molar-refractivity contribution in [3.8, 4) is 5.75 Å². The number of ether oxygens (including phenoxy) is 1. The molecular formula is C34H36ClN3O5S2. The summed E-state index contributed by atoms with van der Waals surface area (Å²) in [6, 6.07) is 28.5. The Morgan fingerprint density at radius 1 is 0.911 bits per heavy atom. The Hall–Kier alpha value is -3.99. The molecule has 2 amide bonds. The van der Waals surface area contributed by atoms with Crippen LogP contribution < -0.4 is 14.4 Å². The molecular weight excluding hydrogens is 630 g/mol. The molecule has 1 atom stereocenters. The van der Waals surface area contributed by atoms with Gasteiger partial charge in [0.1, 0.15) is 18.3 Å². The second kappa shape index (κ2) is 15.8. The van der Waals surface area contributed by atoms with Gasteiger partial charge in [0.25, 0.3) is 10.0 Å². The molecule has 0 saturated carbocycles. The number of sulfonamides is 1. The van der Waals surface area contributed by atoms with Gasteiger partial charge in [0.05, 0.1) is 17.2 Å². The van der Waals surface area contributed by atoms with Crippen LogP contribution in [0, 0.1) is 0 Å². The van der Waals surface area contributed by atoms with E-state index in [0.29, 0.717) is 22.9 Å². The van der Waals surface area contributed by atoms with E-state index in [1.54, 1.807) is 54.6 Å². The predicted octanol–water partition coefficient (Wildman–Crippen LogP) is 6.04. The molecule has 1 N–H and O–H groups in total. The number of nitrogens with one attached hydrogen (secondary N) is 1. The van der Waals surface area contributed by atoms with E-state index in [0.717, 1.165) is 14.8 Å². The number of carbonyl (C=O) groups excluding carboxylic acids is 2. The highest BCUT2D eigenvalue weighted by Crippen LogP contribution is 2.28. The van der Waals surface area contributed by atoms with Crippen LogP contribution in [0.15, 0.2) is 113 Å². The summed E-state index contributed by atoms with van der Waals surface area (Å²) >= 11 is 7.77. The van der Waals surface area contributed by atoms with E-state index < -0.39 is 28.5 Å². The van der Waals surface area contributed by atoms with Crippen LogP contribution in [0.3, 0.4) is 0 Å². The summed E-state index contributed by atoms with van der Waals surface area (Å²) in [7, 11) is -2.70. The van der Waals surface area contributed by atoms with E-state index in [2.05, 4.69) is 5.32 Å². The highest BCUT2D eigenvalue weighted by molar-refractivity contribution is 7.98. The summed E-state index contributed by atoms with van der Waals surface area (Å²) in [4.78, 5) is 30.1. The van der Waals surface area contributed by atoms with Crippen LogP contribution in [0.5, 0.6) is 5.75 Å². The third-order valence-electron chi connectivity index (χ3n) is 7.12. The van der Waals surface area contributed by atoms with Crippen molar-refractivity contribution in [3.05, 3.63) is 119 Å². The van der Waals surface area contributed by atoms with Crippen LogP contribution in [0.25, 0.3) is 0 Å². The average Bonchev–Trinajstić information content (AvgIpc) is 3.06. The van der Waals surface area contributed by atoms with Gasteiger partial charge in [0.15, 0.2) is 0 Å². The van der Waals surface area contributed by atoms with Gasteiger partial charge in [-0.2, -0.15) is 0 Å². The number of likely N-dealkylation sites (N-methyl/N-ethyl adjacent to an activating group) is 1. The van der Waals surface area contributed by atoms with Gasteiger partial charge in [0.2, 0.25) is 11.8 Å². The minimum absolute atomic E-state index is 0.0316. The molecule has 0 bridgehead atoms. The first-order chi connectivity index (χ1) is 21.7. The Balaban J connectivity index is 1.78. The second-order valence-electron chi connectivity index (χ2n) is 10.1. The number of carbonyl (C=O) groups is 2. The topological polar surface area (TPSA) is 96.0 Å². The number of hydrogen-bond donors (Lipinski definition) is 1. The quantitative estimate of drug-likeness (QED) is 0.165. The highest BCUT2D eigenvalue weighted by Gasteiger charge is 2.34. The first-order valence-corrected chi connectivity index (χ1v) is 17.4. The van der Waals surface area contributed by atoms with Gasteiger partial charge in [-0.3, -0.25) is 13.9 Å². The smallest absolute Gasteiger partial charge is 0.264 e. The number of nitrogens with zero attached hydrogens (tertiary/aromatic N) is 2. The van der Waals surface area contributed by atoms with Gasteiger partial charge in [-0.1, -0.05) is 54.1 Å². The Morgan fingerprint density at radius 2 is 1.58 bits per heavy atom. The molecule has 0 aromatic heterocycles. The van der Waals surface area contributed by atoms with E-state index in [9.17, 15) is 18.0 Å². The fourth-order valence-corrected chi connectivity index (χ4v) is 6.87. The van der Waals surface area contributed by atoms with Crippen LogP contribution in [-0.2, 0) is 32.6 Å². The lowest BCUT2D eigenvalue weighted by molar-refractivity contribution is -0.139. The van der Waals surface area contributed by atoms with E-state index >= 15 is 0 Å². The molecule has 4 rings (SSSR count). The molecule has 0 heterocycles. The van der Waals surface area contributed by atoms with Gasteiger partial charge in [-0.15, -0.1) is 11.8 Å². The predicted molar refractivity (Wildman–Crippen MR) is 180 cm³/mol. The van der Waals surface area contributed by atoms with Gasteiger partial charge < -0.3 is 15.0 Å². The largest absolute Gasteiger partial charge is 0.494 e. The summed E-state index contributed by atoms with van der Waals surface area (Å²) in [6.07, 6.45) is 2.12. The Labute approximate surface area is 274 Å². The van der Waals surface area contributed by atoms with Crippen molar-refractivity contribution in [3.63, 3.8) is 0 Å². The normalized spacial score (nSPS) is 11.8. The van der Waals surface area contributed by atoms with Crippen molar-refractivity contribution in [2.24, 2.45) is 0 Å². The second-order valence-corrected chi connectivity index (χ2v) is 13.3. The van der Waals surface area contributed by atoms with Crippen molar-refractivity contribution in [1.82, 2.24) is 10.2 Å². The van der Waals surface area contributed by atoms with Crippen molar-refractivity contribution in [2.75, 3.05) is 30.8 Å². The standard InChI is InChI=1S/C34H36ClN3O5S2/c1-4-43-29-15-13-28(14-16-29)38(45(41,42)31-19-17-30(44-3)18-20-31)24-33(39)37(23-26-11-8-12-27(35)21-26)32(34(40)36-2)22-25-9-6-5-7-10-25/h5-21,32H,4,22-24H2,1-3H3,(H,36,40). The van der Waals surface area contributed by atoms with Gasteiger partial charge in [-0.05, 0) is 85.0 Å². The Bertz CT molecular complexity index is 1690. The van der Waals surface area contributed by atoms with Crippen LogP contribution >= 0.6 is 23.4 Å². The summed E-state index contributed by atoms with van der Waals surface area (Å²) < 4.78 is 35.0. The monoisotopic (exact) mass is 665 g/mol. The van der Waals surface area contributed by atoms with Crippen LogP contribution in [0.2, 0.25) is 5.02 Å². The molecule has 45 heavy (non-hydrogen) atoms. The molecule has 0 aliphatic heterocycles. The zero-order chi connectivity index (χ0) is 32.4.